The average molecular weight is 247 g/mol. The molecule has 0 unspecified atom stereocenters. The zero-order valence-corrected chi connectivity index (χ0v) is 10.2. The van der Waals surface area contributed by atoms with E-state index in [4.69, 9.17) is 0 Å². The van der Waals surface area contributed by atoms with E-state index in [0.717, 1.165) is 41.6 Å². The predicted molar refractivity (Wildman–Crippen MR) is 70.0 cm³/mol. The van der Waals surface area contributed by atoms with E-state index < -0.39 is 0 Å². The van der Waals surface area contributed by atoms with Crippen LogP contribution in [0.1, 0.15) is 6.42 Å². The molecule has 1 aromatic carbocycles. The maximum absolute atomic E-state index is 4.42. The molecular weight excluding hydrogens is 234 g/mol. The van der Waals surface area contributed by atoms with Gasteiger partial charge in [0.1, 0.15) is 5.52 Å². The number of hydrogen-bond acceptors (Lipinski definition) is 5. The minimum Gasteiger partial charge on any atom is -0.365 e. The Labute approximate surface area is 103 Å². The van der Waals surface area contributed by atoms with Gasteiger partial charge >= 0.3 is 0 Å². The van der Waals surface area contributed by atoms with Gasteiger partial charge < -0.3 is 5.32 Å². The molecule has 2 heterocycles. The van der Waals surface area contributed by atoms with Crippen LogP contribution in [-0.2, 0) is 5.88 Å². The lowest BCUT2D eigenvalue weighted by molar-refractivity contribution is 0.721. The van der Waals surface area contributed by atoms with Crippen molar-refractivity contribution in [2.24, 2.45) is 4.99 Å². The Morgan fingerprint density at radius 2 is 2.29 bits per heavy atom. The first-order valence-electron chi connectivity index (χ1n) is 5.63. The van der Waals surface area contributed by atoms with Crippen LogP contribution in [-0.4, -0.2) is 33.3 Å². The summed E-state index contributed by atoms with van der Waals surface area (Å²) in [5.41, 5.74) is 2.00. The van der Waals surface area contributed by atoms with Gasteiger partial charge in [-0.1, -0.05) is 29.1 Å². The minimum atomic E-state index is 0.742. The molecule has 88 valence electrons. The molecule has 6 heteroatoms. The molecular formula is C11H13N5S. The number of nitrogens with zero attached hydrogens (tertiary/aromatic N) is 4. The lowest BCUT2D eigenvalue weighted by Gasteiger charge is -2.13. The van der Waals surface area contributed by atoms with Crippen molar-refractivity contribution in [3.8, 4) is 0 Å². The Morgan fingerprint density at radius 3 is 3.18 bits per heavy atom. The number of thioether (sulfide) groups is 1. The van der Waals surface area contributed by atoms with Crippen LogP contribution in [0.4, 0.5) is 0 Å². The molecule has 0 saturated carbocycles. The molecule has 0 bridgehead atoms. The fraction of sp³-hybridized carbons (Fsp3) is 0.364. The Kier molecular flexibility index (Phi) is 2.96. The highest BCUT2D eigenvalue weighted by atomic mass is 32.2. The van der Waals surface area contributed by atoms with E-state index in [1.54, 1.807) is 11.8 Å². The summed E-state index contributed by atoms with van der Waals surface area (Å²) in [6, 6.07) is 7.98. The van der Waals surface area contributed by atoms with Crippen LogP contribution in [0.2, 0.25) is 0 Å². The van der Waals surface area contributed by atoms with Crippen molar-refractivity contribution in [1.82, 2.24) is 20.3 Å². The van der Waals surface area contributed by atoms with Gasteiger partial charge in [0.15, 0.2) is 5.17 Å². The quantitative estimate of drug-likeness (QED) is 0.873. The molecule has 2 aromatic rings. The molecule has 0 fully saturated rings. The van der Waals surface area contributed by atoms with Gasteiger partial charge in [-0.15, -0.1) is 5.10 Å². The van der Waals surface area contributed by atoms with E-state index in [-0.39, 0.29) is 0 Å². The second-order valence-corrected chi connectivity index (χ2v) is 4.75. The second kappa shape index (κ2) is 4.75. The van der Waals surface area contributed by atoms with Crippen LogP contribution in [0.15, 0.2) is 29.3 Å². The summed E-state index contributed by atoms with van der Waals surface area (Å²) in [7, 11) is 0. The first-order valence-corrected chi connectivity index (χ1v) is 6.61. The molecule has 17 heavy (non-hydrogen) atoms. The molecule has 1 N–H and O–H groups in total. The number of para-hydroxylation sites is 1. The number of nitrogens with one attached hydrogen (secondary N) is 1. The Hall–Kier alpha value is -1.56. The van der Waals surface area contributed by atoms with E-state index in [1.807, 2.05) is 28.9 Å². The molecule has 1 aliphatic heterocycles. The number of hydrogen-bond donors (Lipinski definition) is 1. The highest BCUT2D eigenvalue weighted by molar-refractivity contribution is 8.13. The first-order chi connectivity index (χ1) is 8.43. The van der Waals surface area contributed by atoms with Crippen LogP contribution in [0.25, 0.3) is 11.0 Å². The average Bonchev–Trinajstić information content (AvgIpc) is 2.81. The lowest BCUT2D eigenvalue weighted by atomic mass is 10.3. The van der Waals surface area contributed by atoms with E-state index >= 15 is 0 Å². The van der Waals surface area contributed by atoms with E-state index in [1.165, 1.54) is 0 Å². The van der Waals surface area contributed by atoms with Gasteiger partial charge in [-0.05, 0) is 18.6 Å². The third kappa shape index (κ3) is 2.26. The van der Waals surface area contributed by atoms with Gasteiger partial charge in [-0.3, -0.25) is 4.99 Å². The van der Waals surface area contributed by atoms with Crippen LogP contribution in [0.3, 0.4) is 0 Å². The molecule has 0 radical (unpaired) electrons. The van der Waals surface area contributed by atoms with Crippen LogP contribution in [0, 0.1) is 0 Å². The smallest absolute Gasteiger partial charge is 0.158 e. The molecule has 0 saturated heterocycles. The van der Waals surface area contributed by atoms with Crippen LogP contribution in [0.5, 0.6) is 0 Å². The van der Waals surface area contributed by atoms with Crippen LogP contribution >= 0.6 is 11.8 Å². The SMILES string of the molecule is c1ccc2c(c1)nnn2CSC1=NCCCN1. The Balaban J connectivity index is 1.74. The fourth-order valence-electron chi connectivity index (χ4n) is 1.74. The Bertz CT molecular complexity index is 548. The maximum Gasteiger partial charge on any atom is 0.158 e. The van der Waals surface area contributed by atoms with Gasteiger partial charge in [0.2, 0.25) is 0 Å². The van der Waals surface area contributed by atoms with Crippen molar-refractivity contribution in [2.75, 3.05) is 13.1 Å². The highest BCUT2D eigenvalue weighted by Crippen LogP contribution is 2.14. The number of aromatic nitrogens is 3. The van der Waals surface area contributed by atoms with Crippen molar-refractivity contribution in [3.05, 3.63) is 24.3 Å². The third-order valence-corrected chi connectivity index (χ3v) is 3.53. The summed E-state index contributed by atoms with van der Waals surface area (Å²) in [4.78, 5) is 4.42. The number of aliphatic imine (C=N–C) groups is 1. The normalized spacial score (nSPS) is 15.6. The topological polar surface area (TPSA) is 55.1 Å². The molecule has 0 spiro atoms. The molecule has 1 aromatic heterocycles. The number of amidine groups is 1. The van der Waals surface area contributed by atoms with E-state index in [2.05, 4.69) is 20.6 Å². The monoisotopic (exact) mass is 247 g/mol. The zero-order valence-electron chi connectivity index (χ0n) is 9.33. The summed E-state index contributed by atoms with van der Waals surface area (Å²) >= 11 is 1.67. The van der Waals surface area contributed by atoms with Crippen molar-refractivity contribution >= 4 is 28.0 Å². The third-order valence-electron chi connectivity index (χ3n) is 2.61. The van der Waals surface area contributed by atoms with Crippen LogP contribution < -0.4 is 5.32 Å². The minimum absolute atomic E-state index is 0.742. The lowest BCUT2D eigenvalue weighted by Crippen LogP contribution is -2.27. The summed E-state index contributed by atoms with van der Waals surface area (Å²) in [6.07, 6.45) is 1.12. The summed E-state index contributed by atoms with van der Waals surface area (Å²) < 4.78 is 1.90. The van der Waals surface area contributed by atoms with E-state index in [9.17, 15) is 0 Å². The molecule has 0 atom stereocenters. The van der Waals surface area contributed by atoms with Gasteiger partial charge in [0.05, 0.1) is 11.4 Å². The number of rotatable bonds is 2. The Morgan fingerprint density at radius 1 is 1.35 bits per heavy atom. The standard InChI is InChI=1S/C11H13N5S/c1-2-5-10-9(4-1)14-15-16(10)8-17-11-12-6-3-7-13-11/h1-2,4-5H,3,6-8H2,(H,12,13). The summed E-state index contributed by atoms with van der Waals surface area (Å²) in [6.45, 7) is 1.94. The molecule has 0 aliphatic carbocycles. The predicted octanol–water partition coefficient (Wildman–Crippen LogP) is 1.47. The fourth-order valence-corrected chi connectivity index (χ4v) is 2.56. The van der Waals surface area contributed by atoms with Gasteiger partial charge in [-0.25, -0.2) is 4.68 Å². The number of fused-ring (bicyclic) bond motifs is 1. The van der Waals surface area contributed by atoms with Crippen molar-refractivity contribution < 1.29 is 0 Å². The highest BCUT2D eigenvalue weighted by Gasteiger charge is 2.07. The zero-order chi connectivity index (χ0) is 11.5. The number of benzene rings is 1. The maximum atomic E-state index is 4.42. The summed E-state index contributed by atoms with van der Waals surface area (Å²) in [5.74, 6) is 0.742. The van der Waals surface area contributed by atoms with E-state index in [0.29, 0.717) is 0 Å². The molecule has 0 amide bonds. The van der Waals surface area contributed by atoms with Gasteiger partial charge in [0, 0.05) is 13.1 Å². The first kappa shape index (κ1) is 10.6. The van der Waals surface area contributed by atoms with Crippen molar-refractivity contribution in [1.29, 1.82) is 0 Å². The molecule has 3 rings (SSSR count). The van der Waals surface area contributed by atoms with Crippen molar-refractivity contribution in [2.45, 2.75) is 12.3 Å². The van der Waals surface area contributed by atoms with Gasteiger partial charge in [0.25, 0.3) is 0 Å². The van der Waals surface area contributed by atoms with Crippen molar-refractivity contribution in [3.63, 3.8) is 0 Å². The summed E-state index contributed by atoms with van der Waals surface area (Å²) in [5, 5.41) is 12.6. The molecule has 5 nitrogen and oxygen atoms in total. The second-order valence-electron chi connectivity index (χ2n) is 3.82. The van der Waals surface area contributed by atoms with Gasteiger partial charge in [-0.2, -0.15) is 0 Å². The molecule has 1 aliphatic rings. The largest absolute Gasteiger partial charge is 0.365 e.